The van der Waals surface area contributed by atoms with Crippen molar-refractivity contribution in [3.05, 3.63) is 35.4 Å². The molecule has 1 saturated heterocycles. The van der Waals surface area contributed by atoms with Gasteiger partial charge in [-0.25, -0.2) is 0 Å². The van der Waals surface area contributed by atoms with Crippen LogP contribution in [0, 0.1) is 5.92 Å². The zero-order valence-electron chi connectivity index (χ0n) is 12.2. The molecule has 1 aromatic rings. The third kappa shape index (κ3) is 3.24. The molecule has 116 valence electrons. The van der Waals surface area contributed by atoms with Crippen LogP contribution in [0.1, 0.15) is 30.9 Å². The number of hydrogen-bond acceptors (Lipinski definition) is 2. The van der Waals surface area contributed by atoms with Gasteiger partial charge in [0, 0.05) is 31.7 Å². The molecule has 2 aliphatic rings. The second-order valence-electron chi connectivity index (χ2n) is 6.48. The summed E-state index contributed by atoms with van der Waals surface area (Å²) in [5.74, 6) is 0.679. The maximum atomic E-state index is 13.1. The molecule has 1 aromatic carbocycles. The number of alkyl halides is 3. The Balaban J connectivity index is 1.75. The van der Waals surface area contributed by atoms with Crippen molar-refractivity contribution in [1.82, 2.24) is 10.2 Å². The molecule has 0 bridgehead atoms. The highest BCUT2D eigenvalue weighted by molar-refractivity contribution is 5.29. The zero-order chi connectivity index (χ0) is 15.1. The van der Waals surface area contributed by atoms with E-state index in [-0.39, 0.29) is 5.54 Å². The van der Waals surface area contributed by atoms with Crippen molar-refractivity contribution in [2.24, 2.45) is 5.92 Å². The molecular weight excluding hydrogens is 277 g/mol. The van der Waals surface area contributed by atoms with Gasteiger partial charge in [-0.05, 0) is 37.3 Å². The Bertz CT molecular complexity index is 510. The number of benzene rings is 1. The summed E-state index contributed by atoms with van der Waals surface area (Å²) in [6.45, 7) is 5.05. The van der Waals surface area contributed by atoms with Gasteiger partial charge >= 0.3 is 6.18 Å². The van der Waals surface area contributed by atoms with Crippen LogP contribution < -0.4 is 5.32 Å². The van der Waals surface area contributed by atoms with E-state index >= 15 is 0 Å². The number of rotatable bonds is 3. The quantitative estimate of drug-likeness (QED) is 0.921. The molecule has 1 heterocycles. The number of nitrogens with zero attached hydrogens (tertiary/aromatic N) is 1. The predicted octanol–water partition coefficient (Wildman–Crippen LogP) is 3.28. The van der Waals surface area contributed by atoms with Gasteiger partial charge in [-0.1, -0.05) is 18.2 Å². The van der Waals surface area contributed by atoms with E-state index in [1.807, 2.05) is 0 Å². The summed E-state index contributed by atoms with van der Waals surface area (Å²) in [7, 11) is 0. The summed E-state index contributed by atoms with van der Waals surface area (Å²) in [6, 6.07) is 5.92. The number of piperazine rings is 1. The number of nitrogens with one attached hydrogen (secondary N) is 1. The third-order valence-electron chi connectivity index (χ3n) is 4.70. The molecule has 2 nitrogen and oxygen atoms in total. The monoisotopic (exact) mass is 298 g/mol. The Morgan fingerprint density at radius 1 is 1.29 bits per heavy atom. The van der Waals surface area contributed by atoms with Gasteiger partial charge in [0.15, 0.2) is 0 Å². The average molecular weight is 298 g/mol. The van der Waals surface area contributed by atoms with Crippen molar-refractivity contribution in [3.63, 3.8) is 0 Å². The molecule has 3 rings (SSSR count). The highest BCUT2D eigenvalue weighted by atomic mass is 19.4. The van der Waals surface area contributed by atoms with Crippen LogP contribution in [0.5, 0.6) is 0 Å². The minimum atomic E-state index is -4.27. The molecule has 0 aromatic heterocycles. The van der Waals surface area contributed by atoms with E-state index in [0.717, 1.165) is 19.6 Å². The first kappa shape index (κ1) is 14.9. The first-order valence-electron chi connectivity index (χ1n) is 7.51. The highest BCUT2D eigenvalue weighted by Gasteiger charge is 2.44. The molecule has 0 radical (unpaired) electrons. The van der Waals surface area contributed by atoms with Gasteiger partial charge in [-0.3, -0.25) is 4.90 Å². The lowest BCUT2D eigenvalue weighted by Crippen LogP contribution is -2.59. The molecule has 1 saturated carbocycles. The van der Waals surface area contributed by atoms with Crippen molar-refractivity contribution in [1.29, 1.82) is 0 Å². The molecule has 0 spiro atoms. The van der Waals surface area contributed by atoms with E-state index in [2.05, 4.69) is 17.1 Å². The fourth-order valence-electron chi connectivity index (χ4n) is 3.40. The lowest BCUT2D eigenvalue weighted by atomic mass is 9.92. The average Bonchev–Trinajstić information content (AvgIpc) is 3.23. The third-order valence-corrected chi connectivity index (χ3v) is 4.70. The van der Waals surface area contributed by atoms with E-state index in [1.54, 1.807) is 12.1 Å². The smallest absolute Gasteiger partial charge is 0.309 e. The summed E-state index contributed by atoms with van der Waals surface area (Å²) < 4.78 is 39.2. The van der Waals surface area contributed by atoms with Gasteiger partial charge in [-0.15, -0.1) is 0 Å². The minimum absolute atomic E-state index is 0.0609. The lowest BCUT2D eigenvalue weighted by Gasteiger charge is -2.42. The highest BCUT2D eigenvalue weighted by Crippen LogP contribution is 2.41. The van der Waals surface area contributed by atoms with Crippen LogP contribution in [0.25, 0.3) is 0 Å². The standard InChI is InChI=1S/C16H21F3N2/c1-15(13-6-7-13)11-21(9-8-20-15)10-12-4-2-3-5-14(12)16(17,18)19/h2-5,13,20H,6-11H2,1H3. The van der Waals surface area contributed by atoms with Crippen LogP contribution in [0.15, 0.2) is 24.3 Å². The van der Waals surface area contributed by atoms with E-state index in [4.69, 9.17) is 0 Å². The molecule has 1 unspecified atom stereocenters. The molecule has 0 amide bonds. The van der Waals surface area contributed by atoms with Crippen molar-refractivity contribution >= 4 is 0 Å². The van der Waals surface area contributed by atoms with Crippen molar-refractivity contribution in [2.75, 3.05) is 19.6 Å². The van der Waals surface area contributed by atoms with Gasteiger partial charge in [0.25, 0.3) is 0 Å². The molecular formula is C16H21F3N2. The second kappa shape index (κ2) is 5.29. The fourth-order valence-corrected chi connectivity index (χ4v) is 3.40. The topological polar surface area (TPSA) is 15.3 Å². The molecule has 1 atom stereocenters. The van der Waals surface area contributed by atoms with E-state index < -0.39 is 11.7 Å². The van der Waals surface area contributed by atoms with Crippen molar-refractivity contribution in [2.45, 2.75) is 38.0 Å². The Labute approximate surface area is 123 Å². The SMILES string of the molecule is CC1(C2CC2)CN(Cc2ccccc2C(F)(F)F)CCN1. The summed E-state index contributed by atoms with van der Waals surface area (Å²) in [4.78, 5) is 2.15. The van der Waals surface area contributed by atoms with E-state index in [0.29, 0.717) is 18.0 Å². The number of hydrogen-bond donors (Lipinski definition) is 1. The molecule has 1 aliphatic heterocycles. The molecule has 1 N–H and O–H groups in total. The fraction of sp³-hybridized carbons (Fsp3) is 0.625. The molecule has 1 aliphatic carbocycles. The maximum Gasteiger partial charge on any atom is 0.416 e. The van der Waals surface area contributed by atoms with Crippen LogP contribution in [0.4, 0.5) is 13.2 Å². The van der Waals surface area contributed by atoms with Crippen LogP contribution in [0.2, 0.25) is 0 Å². The molecule has 5 heteroatoms. The summed E-state index contributed by atoms with van der Waals surface area (Å²) >= 11 is 0. The Kier molecular flexibility index (Phi) is 3.74. The lowest BCUT2D eigenvalue weighted by molar-refractivity contribution is -0.138. The van der Waals surface area contributed by atoms with E-state index in [9.17, 15) is 13.2 Å². The second-order valence-corrected chi connectivity index (χ2v) is 6.48. The minimum Gasteiger partial charge on any atom is -0.309 e. The zero-order valence-corrected chi connectivity index (χ0v) is 12.2. The summed E-state index contributed by atoms with van der Waals surface area (Å²) in [5, 5.41) is 3.55. The van der Waals surface area contributed by atoms with Gasteiger partial charge in [0.1, 0.15) is 0 Å². The Morgan fingerprint density at radius 2 is 2.00 bits per heavy atom. The van der Waals surface area contributed by atoms with Gasteiger partial charge < -0.3 is 5.32 Å². The van der Waals surface area contributed by atoms with Crippen LogP contribution in [-0.4, -0.2) is 30.1 Å². The first-order valence-corrected chi connectivity index (χ1v) is 7.51. The van der Waals surface area contributed by atoms with Gasteiger partial charge in [0.05, 0.1) is 5.56 Å². The van der Waals surface area contributed by atoms with E-state index in [1.165, 1.54) is 25.0 Å². The van der Waals surface area contributed by atoms with Gasteiger partial charge in [-0.2, -0.15) is 13.2 Å². The largest absolute Gasteiger partial charge is 0.416 e. The van der Waals surface area contributed by atoms with Crippen molar-refractivity contribution in [3.8, 4) is 0 Å². The Morgan fingerprint density at radius 3 is 2.67 bits per heavy atom. The van der Waals surface area contributed by atoms with Crippen LogP contribution in [-0.2, 0) is 12.7 Å². The summed E-state index contributed by atoms with van der Waals surface area (Å²) in [5.41, 5.74) is -0.0625. The summed E-state index contributed by atoms with van der Waals surface area (Å²) in [6.07, 6.45) is -1.81. The molecule has 21 heavy (non-hydrogen) atoms. The Hall–Kier alpha value is -1.07. The number of halogens is 3. The van der Waals surface area contributed by atoms with Crippen molar-refractivity contribution < 1.29 is 13.2 Å². The predicted molar refractivity (Wildman–Crippen MR) is 75.9 cm³/mol. The molecule has 2 fully saturated rings. The first-order chi connectivity index (χ1) is 9.88. The van der Waals surface area contributed by atoms with Crippen LogP contribution in [0.3, 0.4) is 0 Å². The van der Waals surface area contributed by atoms with Crippen LogP contribution >= 0.6 is 0 Å². The maximum absolute atomic E-state index is 13.1. The normalized spacial score (nSPS) is 27.8. The van der Waals surface area contributed by atoms with Gasteiger partial charge in [0.2, 0.25) is 0 Å².